The van der Waals surface area contributed by atoms with Gasteiger partial charge < -0.3 is 15.5 Å². The number of likely N-dealkylation sites (N-methyl/N-ethyl adjacent to an activating group) is 1. The maximum Gasteiger partial charge on any atom is 0.253 e. The van der Waals surface area contributed by atoms with Gasteiger partial charge in [0.2, 0.25) is 5.91 Å². The maximum atomic E-state index is 12.5. The zero-order chi connectivity index (χ0) is 14.8. The summed E-state index contributed by atoms with van der Waals surface area (Å²) in [5.41, 5.74) is 2.40. The lowest BCUT2D eigenvalue weighted by atomic mass is 10.0. The average molecular weight is 287 g/mol. The van der Waals surface area contributed by atoms with Gasteiger partial charge >= 0.3 is 0 Å². The van der Waals surface area contributed by atoms with Gasteiger partial charge in [-0.05, 0) is 43.1 Å². The van der Waals surface area contributed by atoms with Gasteiger partial charge in [0.1, 0.15) is 0 Å². The van der Waals surface area contributed by atoms with E-state index in [2.05, 4.69) is 10.6 Å². The molecule has 1 atom stereocenters. The van der Waals surface area contributed by atoms with Gasteiger partial charge in [0, 0.05) is 30.9 Å². The van der Waals surface area contributed by atoms with E-state index in [0.717, 1.165) is 30.8 Å². The van der Waals surface area contributed by atoms with Crippen molar-refractivity contribution in [3.8, 4) is 0 Å². The zero-order valence-corrected chi connectivity index (χ0v) is 12.3. The van der Waals surface area contributed by atoms with Crippen LogP contribution in [0.15, 0.2) is 18.2 Å². The van der Waals surface area contributed by atoms with Crippen molar-refractivity contribution in [2.75, 3.05) is 25.5 Å². The Labute approximate surface area is 124 Å². The number of nitrogens with one attached hydrogen (secondary N) is 2. The topological polar surface area (TPSA) is 61.4 Å². The van der Waals surface area contributed by atoms with Crippen molar-refractivity contribution in [3.63, 3.8) is 0 Å². The van der Waals surface area contributed by atoms with Gasteiger partial charge in [0.15, 0.2) is 0 Å². The standard InChI is InChI=1S/C16H21N3O2/c1-19(10-13-4-2-3-7-17-13)16(21)11-5-6-14-12(8-11)9-15(20)18-14/h5-6,8,13,17H,2-4,7,9-10H2,1H3,(H,18,20). The summed E-state index contributed by atoms with van der Waals surface area (Å²) >= 11 is 0. The highest BCUT2D eigenvalue weighted by molar-refractivity contribution is 6.01. The summed E-state index contributed by atoms with van der Waals surface area (Å²) in [4.78, 5) is 25.6. The van der Waals surface area contributed by atoms with Crippen molar-refractivity contribution in [1.82, 2.24) is 10.2 Å². The number of carbonyl (C=O) groups is 2. The molecule has 2 heterocycles. The highest BCUT2D eigenvalue weighted by Gasteiger charge is 2.22. The number of fused-ring (bicyclic) bond motifs is 1. The number of anilines is 1. The van der Waals surface area contributed by atoms with Crippen LogP contribution in [-0.4, -0.2) is 42.9 Å². The number of rotatable bonds is 3. The molecule has 0 saturated carbocycles. The fraction of sp³-hybridized carbons (Fsp3) is 0.500. The monoisotopic (exact) mass is 287 g/mol. The number of benzene rings is 1. The first kappa shape index (κ1) is 14.1. The van der Waals surface area contributed by atoms with E-state index in [9.17, 15) is 9.59 Å². The number of hydrogen-bond acceptors (Lipinski definition) is 3. The van der Waals surface area contributed by atoms with Crippen molar-refractivity contribution in [3.05, 3.63) is 29.3 Å². The number of nitrogens with zero attached hydrogens (tertiary/aromatic N) is 1. The Hall–Kier alpha value is -1.88. The van der Waals surface area contributed by atoms with Gasteiger partial charge in [0.25, 0.3) is 5.91 Å². The van der Waals surface area contributed by atoms with Gasteiger partial charge in [0.05, 0.1) is 6.42 Å². The first-order valence-corrected chi connectivity index (χ1v) is 7.55. The molecule has 0 bridgehead atoms. The molecule has 5 heteroatoms. The van der Waals surface area contributed by atoms with Crippen LogP contribution in [0.25, 0.3) is 0 Å². The predicted octanol–water partition coefficient (Wildman–Crippen LogP) is 1.40. The lowest BCUT2D eigenvalue weighted by molar-refractivity contribution is -0.115. The molecule has 1 fully saturated rings. The minimum atomic E-state index is -0.00522. The number of hydrogen-bond donors (Lipinski definition) is 2. The van der Waals surface area contributed by atoms with Crippen LogP contribution in [0, 0.1) is 0 Å². The quantitative estimate of drug-likeness (QED) is 0.883. The van der Waals surface area contributed by atoms with Crippen LogP contribution in [0.4, 0.5) is 5.69 Å². The Morgan fingerprint density at radius 3 is 3.00 bits per heavy atom. The molecular formula is C16H21N3O2. The predicted molar refractivity (Wildman–Crippen MR) is 81.4 cm³/mol. The SMILES string of the molecule is CN(CC1CCCCN1)C(=O)c1ccc2c(c1)CC(=O)N2. The third-order valence-corrected chi connectivity index (χ3v) is 4.23. The van der Waals surface area contributed by atoms with E-state index in [4.69, 9.17) is 0 Å². The summed E-state index contributed by atoms with van der Waals surface area (Å²) in [5.74, 6) is 0.0129. The van der Waals surface area contributed by atoms with Crippen LogP contribution in [0.2, 0.25) is 0 Å². The normalized spacial score (nSPS) is 20.8. The largest absolute Gasteiger partial charge is 0.340 e. The summed E-state index contributed by atoms with van der Waals surface area (Å²) < 4.78 is 0. The molecule has 2 N–H and O–H groups in total. The van der Waals surface area contributed by atoms with Crippen LogP contribution in [-0.2, 0) is 11.2 Å². The molecule has 0 aliphatic carbocycles. The average Bonchev–Trinajstić information content (AvgIpc) is 2.86. The van der Waals surface area contributed by atoms with E-state index in [1.54, 1.807) is 11.0 Å². The highest BCUT2D eigenvalue weighted by atomic mass is 16.2. The fourth-order valence-electron chi connectivity index (χ4n) is 3.08. The molecule has 2 amide bonds. The van der Waals surface area contributed by atoms with Gasteiger partial charge in [-0.3, -0.25) is 9.59 Å². The van der Waals surface area contributed by atoms with Crippen LogP contribution >= 0.6 is 0 Å². The summed E-state index contributed by atoms with van der Waals surface area (Å²) in [6.45, 7) is 1.77. The second kappa shape index (κ2) is 5.85. The van der Waals surface area contributed by atoms with E-state index < -0.39 is 0 Å². The number of carbonyl (C=O) groups excluding carboxylic acids is 2. The maximum absolute atomic E-state index is 12.5. The van der Waals surface area contributed by atoms with E-state index in [1.165, 1.54) is 12.8 Å². The molecule has 1 aromatic rings. The van der Waals surface area contributed by atoms with Crippen molar-refractivity contribution in [1.29, 1.82) is 0 Å². The number of piperidine rings is 1. The molecule has 1 saturated heterocycles. The van der Waals surface area contributed by atoms with Crippen LogP contribution in [0.3, 0.4) is 0 Å². The van der Waals surface area contributed by atoms with E-state index in [0.29, 0.717) is 18.0 Å². The molecule has 21 heavy (non-hydrogen) atoms. The van der Waals surface area contributed by atoms with Crippen molar-refractivity contribution >= 4 is 17.5 Å². The second-order valence-electron chi connectivity index (χ2n) is 5.93. The molecule has 2 aliphatic rings. The lowest BCUT2D eigenvalue weighted by Gasteiger charge is -2.28. The minimum Gasteiger partial charge on any atom is -0.340 e. The Morgan fingerprint density at radius 1 is 1.38 bits per heavy atom. The zero-order valence-electron chi connectivity index (χ0n) is 12.3. The lowest BCUT2D eigenvalue weighted by Crippen LogP contribution is -2.44. The molecule has 3 rings (SSSR count). The molecule has 0 spiro atoms. The van der Waals surface area contributed by atoms with Crippen LogP contribution in [0.5, 0.6) is 0 Å². The van der Waals surface area contributed by atoms with E-state index in [-0.39, 0.29) is 11.8 Å². The molecule has 2 aliphatic heterocycles. The third kappa shape index (κ3) is 3.08. The Morgan fingerprint density at radius 2 is 2.24 bits per heavy atom. The smallest absolute Gasteiger partial charge is 0.253 e. The molecule has 0 aromatic heterocycles. The van der Waals surface area contributed by atoms with E-state index in [1.807, 2.05) is 19.2 Å². The summed E-state index contributed by atoms with van der Waals surface area (Å²) in [7, 11) is 1.84. The second-order valence-corrected chi connectivity index (χ2v) is 5.93. The summed E-state index contributed by atoms with van der Waals surface area (Å²) in [6.07, 6.45) is 3.94. The van der Waals surface area contributed by atoms with Gasteiger partial charge in [-0.2, -0.15) is 0 Å². The Bertz CT molecular complexity index is 565. The van der Waals surface area contributed by atoms with Gasteiger partial charge in [-0.15, -0.1) is 0 Å². The third-order valence-electron chi connectivity index (χ3n) is 4.23. The number of amides is 2. The van der Waals surface area contributed by atoms with Crippen molar-refractivity contribution in [2.45, 2.75) is 31.7 Å². The van der Waals surface area contributed by atoms with Crippen molar-refractivity contribution in [2.24, 2.45) is 0 Å². The highest BCUT2D eigenvalue weighted by Crippen LogP contribution is 2.24. The van der Waals surface area contributed by atoms with Crippen molar-refractivity contribution < 1.29 is 9.59 Å². The summed E-state index contributed by atoms with van der Waals surface area (Å²) in [5, 5.41) is 6.24. The molecule has 1 aromatic carbocycles. The summed E-state index contributed by atoms with van der Waals surface area (Å²) in [6, 6.07) is 5.84. The fourth-order valence-corrected chi connectivity index (χ4v) is 3.08. The van der Waals surface area contributed by atoms with Crippen LogP contribution < -0.4 is 10.6 Å². The van der Waals surface area contributed by atoms with Gasteiger partial charge in [-0.1, -0.05) is 6.42 Å². The molecular weight excluding hydrogens is 266 g/mol. The van der Waals surface area contributed by atoms with Gasteiger partial charge in [-0.25, -0.2) is 0 Å². The Kier molecular flexibility index (Phi) is 3.92. The molecule has 5 nitrogen and oxygen atoms in total. The van der Waals surface area contributed by atoms with E-state index >= 15 is 0 Å². The molecule has 1 unspecified atom stereocenters. The minimum absolute atomic E-state index is 0.00522. The first-order valence-electron chi connectivity index (χ1n) is 7.55. The Balaban J connectivity index is 1.67. The van der Waals surface area contributed by atoms with Crippen LogP contribution in [0.1, 0.15) is 35.2 Å². The first-order chi connectivity index (χ1) is 10.1. The molecule has 112 valence electrons. The molecule has 0 radical (unpaired) electrons.